The van der Waals surface area contributed by atoms with Crippen LogP contribution in [-0.2, 0) is 17.6 Å². The van der Waals surface area contributed by atoms with Gasteiger partial charge in [0.05, 0.1) is 19.7 Å². The number of hydrogen-bond donors (Lipinski definition) is 0. The van der Waals surface area contributed by atoms with E-state index in [4.69, 9.17) is 16.3 Å². The number of amides is 1. The van der Waals surface area contributed by atoms with Gasteiger partial charge in [-0.25, -0.2) is 4.79 Å². The van der Waals surface area contributed by atoms with Crippen LogP contribution in [0.3, 0.4) is 0 Å². The molecule has 3 aromatic rings. The van der Waals surface area contributed by atoms with Crippen molar-refractivity contribution < 1.29 is 9.53 Å². The molecule has 160 valence electrons. The van der Waals surface area contributed by atoms with Crippen molar-refractivity contribution in [1.82, 2.24) is 4.90 Å². The van der Waals surface area contributed by atoms with Crippen LogP contribution in [0, 0.1) is 5.92 Å². The minimum atomic E-state index is -0.343. The van der Waals surface area contributed by atoms with E-state index in [1.54, 1.807) is 4.90 Å². The average Bonchev–Trinajstić information content (AvgIpc) is 3.26. The Morgan fingerprint density at radius 3 is 2.68 bits per heavy atom. The number of fused-ring (bicyclic) bond motifs is 1. The lowest BCUT2D eigenvalue weighted by atomic mass is 9.96. The molecule has 1 aliphatic heterocycles. The molecule has 4 rings (SSSR count). The van der Waals surface area contributed by atoms with Gasteiger partial charge in [0.2, 0.25) is 0 Å². The molecule has 0 saturated heterocycles. The molecular formula is C26H27ClN2O2. The van der Waals surface area contributed by atoms with Gasteiger partial charge in [0.25, 0.3) is 0 Å². The fourth-order valence-electron chi connectivity index (χ4n) is 3.96. The fraction of sp³-hybridized carbons (Fsp3) is 0.308. The molecule has 1 heterocycles. The molecule has 0 spiro atoms. The highest BCUT2D eigenvalue weighted by Gasteiger charge is 2.28. The summed E-state index contributed by atoms with van der Waals surface area (Å²) in [5.74, 6) is 0.943. The molecule has 1 aliphatic rings. The summed E-state index contributed by atoms with van der Waals surface area (Å²) in [6.45, 7) is 5.54. The topological polar surface area (TPSA) is 41.9 Å². The maximum atomic E-state index is 12.6. The lowest BCUT2D eigenvalue weighted by molar-refractivity contribution is 0.113. The minimum absolute atomic E-state index is 0.286. The van der Waals surface area contributed by atoms with Gasteiger partial charge in [-0.2, -0.15) is 0 Å². The molecule has 0 aromatic heterocycles. The Kier molecular flexibility index (Phi) is 6.57. The lowest BCUT2D eigenvalue weighted by Gasteiger charge is -2.21. The van der Waals surface area contributed by atoms with Crippen LogP contribution in [0.1, 0.15) is 30.5 Å². The van der Waals surface area contributed by atoms with Crippen molar-refractivity contribution >= 4 is 34.3 Å². The maximum absolute atomic E-state index is 12.6. The number of carbonyl (C=O) groups excluding carboxylic acids is 1. The van der Waals surface area contributed by atoms with Gasteiger partial charge >= 0.3 is 6.09 Å². The summed E-state index contributed by atoms with van der Waals surface area (Å²) < 4.78 is 5.46. The molecule has 0 atom stereocenters. The molecule has 0 radical (unpaired) electrons. The standard InChI is InChI=1S/C26H27ClN2O2/c1-18(2)17-31-26(30)29-16-15-28-25(29)23-11-6-12-24(27)22(23)14-13-20-9-5-8-19-7-3-4-10-21(19)20/h3-12,18H,13-17H2,1-2H3. The van der Waals surface area contributed by atoms with Gasteiger partial charge in [-0.15, -0.1) is 0 Å². The van der Waals surface area contributed by atoms with E-state index in [0.717, 1.165) is 24.0 Å². The van der Waals surface area contributed by atoms with E-state index < -0.39 is 0 Å². The van der Waals surface area contributed by atoms with Crippen LogP contribution in [0.5, 0.6) is 0 Å². The molecule has 0 saturated carbocycles. The summed E-state index contributed by atoms with van der Waals surface area (Å²) in [5, 5.41) is 3.19. The van der Waals surface area contributed by atoms with Gasteiger partial charge in [0.15, 0.2) is 0 Å². The van der Waals surface area contributed by atoms with Gasteiger partial charge in [-0.3, -0.25) is 9.89 Å². The van der Waals surface area contributed by atoms with Crippen LogP contribution < -0.4 is 0 Å². The monoisotopic (exact) mass is 434 g/mol. The zero-order valence-electron chi connectivity index (χ0n) is 18.0. The molecule has 5 heteroatoms. The number of hydrogen-bond acceptors (Lipinski definition) is 3. The predicted molar refractivity (Wildman–Crippen MR) is 127 cm³/mol. The van der Waals surface area contributed by atoms with Crippen molar-refractivity contribution in [3.8, 4) is 0 Å². The summed E-state index contributed by atoms with van der Waals surface area (Å²) >= 11 is 6.63. The van der Waals surface area contributed by atoms with Gasteiger partial charge in [-0.1, -0.05) is 80.0 Å². The maximum Gasteiger partial charge on any atom is 0.415 e. The minimum Gasteiger partial charge on any atom is -0.449 e. The van der Waals surface area contributed by atoms with Crippen molar-refractivity contribution in [3.63, 3.8) is 0 Å². The van der Waals surface area contributed by atoms with E-state index in [0.29, 0.717) is 30.6 Å². The third-order valence-electron chi connectivity index (χ3n) is 5.49. The van der Waals surface area contributed by atoms with E-state index in [2.05, 4.69) is 47.5 Å². The predicted octanol–water partition coefficient (Wildman–Crippen LogP) is 6.13. The Balaban J connectivity index is 1.59. The van der Waals surface area contributed by atoms with E-state index in [1.165, 1.54) is 16.3 Å². The molecular weight excluding hydrogens is 408 g/mol. The summed E-state index contributed by atoms with van der Waals surface area (Å²) in [6.07, 6.45) is 1.27. The number of ether oxygens (including phenoxy) is 1. The summed E-state index contributed by atoms with van der Waals surface area (Å²) in [6, 6.07) is 20.6. The Bertz CT molecular complexity index is 1120. The van der Waals surface area contributed by atoms with Crippen LogP contribution in [-0.4, -0.2) is 36.5 Å². The van der Waals surface area contributed by atoms with E-state index >= 15 is 0 Å². The Labute approximate surface area is 188 Å². The molecule has 3 aromatic carbocycles. The van der Waals surface area contributed by atoms with Gasteiger partial charge in [0.1, 0.15) is 5.84 Å². The first kappa shape index (κ1) is 21.4. The molecule has 0 fully saturated rings. The number of rotatable bonds is 6. The lowest BCUT2D eigenvalue weighted by Crippen LogP contribution is -2.36. The highest BCUT2D eigenvalue weighted by Crippen LogP contribution is 2.27. The third-order valence-corrected chi connectivity index (χ3v) is 5.84. The summed E-state index contributed by atoms with van der Waals surface area (Å²) in [4.78, 5) is 18.9. The normalized spacial score (nSPS) is 13.7. The van der Waals surface area contributed by atoms with Crippen LogP contribution in [0.15, 0.2) is 65.7 Å². The second-order valence-corrected chi connectivity index (χ2v) is 8.64. The highest BCUT2D eigenvalue weighted by molar-refractivity contribution is 6.32. The Morgan fingerprint density at radius 1 is 1.06 bits per heavy atom. The number of aliphatic imine (C=N–C) groups is 1. The first-order chi connectivity index (χ1) is 15.0. The van der Waals surface area contributed by atoms with Crippen LogP contribution in [0.4, 0.5) is 4.79 Å². The average molecular weight is 435 g/mol. The number of aryl methyl sites for hydroxylation is 1. The zero-order valence-corrected chi connectivity index (χ0v) is 18.7. The third kappa shape index (κ3) is 4.75. The Morgan fingerprint density at radius 2 is 1.84 bits per heavy atom. The SMILES string of the molecule is CC(C)COC(=O)N1CCN=C1c1cccc(Cl)c1CCc1cccc2ccccc12. The summed E-state index contributed by atoms with van der Waals surface area (Å²) in [7, 11) is 0. The molecule has 0 bridgehead atoms. The van der Waals surface area contributed by atoms with Crippen LogP contribution in [0.25, 0.3) is 10.8 Å². The highest BCUT2D eigenvalue weighted by atomic mass is 35.5. The second kappa shape index (κ2) is 9.52. The van der Waals surface area contributed by atoms with E-state index in [1.807, 2.05) is 32.0 Å². The first-order valence-electron chi connectivity index (χ1n) is 10.8. The number of carbonyl (C=O) groups is 1. The number of halogens is 1. The quantitative estimate of drug-likeness (QED) is 0.468. The first-order valence-corrected chi connectivity index (χ1v) is 11.2. The zero-order chi connectivity index (χ0) is 21.8. The molecule has 4 nitrogen and oxygen atoms in total. The van der Waals surface area contributed by atoms with Gasteiger partial charge < -0.3 is 4.74 Å². The van der Waals surface area contributed by atoms with Crippen molar-refractivity contribution in [3.05, 3.63) is 82.4 Å². The van der Waals surface area contributed by atoms with Crippen molar-refractivity contribution in [2.45, 2.75) is 26.7 Å². The van der Waals surface area contributed by atoms with Gasteiger partial charge in [0, 0.05) is 10.6 Å². The van der Waals surface area contributed by atoms with Crippen LogP contribution in [0.2, 0.25) is 5.02 Å². The fourth-order valence-corrected chi connectivity index (χ4v) is 4.23. The molecule has 0 N–H and O–H groups in total. The summed E-state index contributed by atoms with van der Waals surface area (Å²) in [5.41, 5.74) is 3.21. The largest absolute Gasteiger partial charge is 0.449 e. The molecule has 1 amide bonds. The van der Waals surface area contributed by atoms with Crippen LogP contribution >= 0.6 is 11.6 Å². The number of benzene rings is 3. The Hall–Kier alpha value is -2.85. The molecule has 31 heavy (non-hydrogen) atoms. The van der Waals surface area contributed by atoms with Gasteiger partial charge in [-0.05, 0) is 46.7 Å². The smallest absolute Gasteiger partial charge is 0.415 e. The molecule has 0 unspecified atom stereocenters. The van der Waals surface area contributed by atoms with E-state index in [9.17, 15) is 4.79 Å². The number of nitrogens with zero attached hydrogens (tertiary/aromatic N) is 2. The number of amidine groups is 1. The van der Waals surface area contributed by atoms with Crippen molar-refractivity contribution in [1.29, 1.82) is 0 Å². The van der Waals surface area contributed by atoms with Crippen molar-refractivity contribution in [2.24, 2.45) is 10.9 Å². The van der Waals surface area contributed by atoms with Crippen molar-refractivity contribution in [2.75, 3.05) is 19.7 Å². The van der Waals surface area contributed by atoms with E-state index in [-0.39, 0.29) is 12.0 Å². The second-order valence-electron chi connectivity index (χ2n) is 8.23. The molecule has 0 aliphatic carbocycles.